The summed E-state index contributed by atoms with van der Waals surface area (Å²) in [5.41, 5.74) is 2.02. The Balaban J connectivity index is 2.18. The third kappa shape index (κ3) is 4.49. The van der Waals surface area contributed by atoms with Gasteiger partial charge in [-0.05, 0) is 29.2 Å². The molecule has 0 saturated carbocycles. The minimum absolute atomic E-state index is 0.0271. The Kier molecular flexibility index (Phi) is 7.49. The van der Waals surface area contributed by atoms with Crippen molar-refractivity contribution in [3.63, 3.8) is 0 Å². The lowest BCUT2D eigenvalue weighted by atomic mass is 9.93. The van der Waals surface area contributed by atoms with Gasteiger partial charge in [0.25, 0.3) is 11.7 Å². The van der Waals surface area contributed by atoms with Gasteiger partial charge in [0.2, 0.25) is 0 Å². The van der Waals surface area contributed by atoms with Gasteiger partial charge in [0.05, 0.1) is 35.4 Å². The fraction of sp³-hybridized carbons (Fsp3) is 0.333. The summed E-state index contributed by atoms with van der Waals surface area (Å²) in [7, 11) is 2.94. The molecule has 1 N–H and O–H groups in total. The SMILES string of the molecule is COCCN1C(=O)C(=O)/C(=C(/O)c2cc(Cl)c(OC)c(Cl)c2)C1c1ccc(C(C)C)cc1. The highest BCUT2D eigenvalue weighted by Gasteiger charge is 2.46. The topological polar surface area (TPSA) is 76.1 Å². The Morgan fingerprint density at radius 3 is 2.19 bits per heavy atom. The Labute approximate surface area is 197 Å². The Morgan fingerprint density at radius 1 is 1.09 bits per heavy atom. The smallest absolute Gasteiger partial charge is 0.295 e. The molecule has 1 amide bonds. The summed E-state index contributed by atoms with van der Waals surface area (Å²) in [5.74, 6) is -1.25. The highest BCUT2D eigenvalue weighted by Crippen LogP contribution is 2.42. The fourth-order valence-electron chi connectivity index (χ4n) is 3.76. The maximum Gasteiger partial charge on any atom is 0.295 e. The molecule has 1 saturated heterocycles. The van der Waals surface area contributed by atoms with E-state index >= 15 is 0 Å². The van der Waals surface area contributed by atoms with Crippen molar-refractivity contribution >= 4 is 40.7 Å². The number of benzene rings is 2. The van der Waals surface area contributed by atoms with Crippen LogP contribution in [0.1, 0.15) is 42.5 Å². The van der Waals surface area contributed by atoms with Crippen LogP contribution in [0.15, 0.2) is 42.0 Å². The molecule has 0 spiro atoms. The molecule has 0 aromatic heterocycles. The van der Waals surface area contributed by atoms with Crippen LogP contribution < -0.4 is 4.74 Å². The maximum absolute atomic E-state index is 13.0. The molecular formula is C24H25Cl2NO5. The molecule has 8 heteroatoms. The number of rotatable bonds is 7. The zero-order valence-corrected chi connectivity index (χ0v) is 19.8. The van der Waals surface area contributed by atoms with E-state index < -0.39 is 17.7 Å². The van der Waals surface area contributed by atoms with E-state index in [0.717, 1.165) is 5.56 Å². The molecule has 2 aromatic rings. The normalized spacial score (nSPS) is 18.0. The van der Waals surface area contributed by atoms with Crippen molar-refractivity contribution in [3.8, 4) is 5.75 Å². The maximum atomic E-state index is 13.0. The van der Waals surface area contributed by atoms with Gasteiger partial charge in [0.1, 0.15) is 5.76 Å². The number of hydrogen-bond donors (Lipinski definition) is 1. The van der Waals surface area contributed by atoms with Gasteiger partial charge in [0.15, 0.2) is 5.75 Å². The molecule has 1 heterocycles. The Bertz CT molecular complexity index is 1040. The van der Waals surface area contributed by atoms with Crippen molar-refractivity contribution in [1.29, 1.82) is 0 Å². The monoisotopic (exact) mass is 477 g/mol. The summed E-state index contributed by atoms with van der Waals surface area (Å²) in [5, 5.41) is 11.5. The molecule has 170 valence electrons. The van der Waals surface area contributed by atoms with Gasteiger partial charge >= 0.3 is 0 Å². The van der Waals surface area contributed by atoms with E-state index in [-0.39, 0.29) is 45.8 Å². The third-order valence-corrected chi connectivity index (χ3v) is 6.03. The van der Waals surface area contributed by atoms with Crippen molar-refractivity contribution in [2.75, 3.05) is 27.4 Å². The van der Waals surface area contributed by atoms with Crippen LogP contribution in [0.5, 0.6) is 5.75 Å². The number of Topliss-reactive ketones (excluding diaryl/α,β-unsaturated/α-hetero) is 1. The molecule has 3 rings (SSSR count). The second-order valence-electron chi connectivity index (χ2n) is 7.78. The zero-order valence-electron chi connectivity index (χ0n) is 18.3. The van der Waals surface area contributed by atoms with Crippen LogP contribution in [0.2, 0.25) is 10.0 Å². The first-order valence-corrected chi connectivity index (χ1v) is 10.9. The highest BCUT2D eigenvalue weighted by atomic mass is 35.5. The predicted molar refractivity (Wildman–Crippen MR) is 124 cm³/mol. The van der Waals surface area contributed by atoms with Crippen LogP contribution in [-0.4, -0.2) is 49.1 Å². The lowest BCUT2D eigenvalue weighted by Crippen LogP contribution is -2.32. The molecule has 1 aliphatic rings. The van der Waals surface area contributed by atoms with E-state index in [1.165, 1.54) is 31.3 Å². The number of likely N-dealkylation sites (tertiary alicyclic amines) is 1. The number of hydrogen-bond acceptors (Lipinski definition) is 5. The minimum atomic E-state index is -0.778. The quantitative estimate of drug-likeness (QED) is 0.337. The van der Waals surface area contributed by atoms with Gasteiger partial charge in [0, 0.05) is 19.2 Å². The molecule has 0 radical (unpaired) electrons. The number of carbonyl (C=O) groups is 2. The van der Waals surface area contributed by atoms with Crippen LogP contribution in [0.3, 0.4) is 0 Å². The molecule has 2 aromatic carbocycles. The average Bonchev–Trinajstić information content (AvgIpc) is 3.01. The number of methoxy groups -OCH3 is 2. The molecule has 0 bridgehead atoms. The first kappa shape index (κ1) is 24.1. The van der Waals surface area contributed by atoms with Crippen molar-refractivity contribution in [3.05, 3.63) is 68.7 Å². The average molecular weight is 478 g/mol. The predicted octanol–water partition coefficient (Wildman–Crippen LogP) is 5.19. The molecular weight excluding hydrogens is 453 g/mol. The van der Waals surface area contributed by atoms with Crippen molar-refractivity contribution in [2.45, 2.75) is 25.8 Å². The molecule has 1 atom stereocenters. The lowest BCUT2D eigenvalue weighted by Gasteiger charge is -2.25. The van der Waals surface area contributed by atoms with Crippen molar-refractivity contribution < 1.29 is 24.2 Å². The van der Waals surface area contributed by atoms with E-state index in [1.807, 2.05) is 24.3 Å². The van der Waals surface area contributed by atoms with E-state index in [9.17, 15) is 14.7 Å². The zero-order chi connectivity index (χ0) is 23.6. The van der Waals surface area contributed by atoms with Gasteiger partial charge < -0.3 is 19.5 Å². The second-order valence-corrected chi connectivity index (χ2v) is 8.59. The fourth-order valence-corrected chi connectivity index (χ4v) is 4.40. The number of aliphatic hydroxyl groups is 1. The summed E-state index contributed by atoms with van der Waals surface area (Å²) in [4.78, 5) is 27.3. The van der Waals surface area contributed by atoms with Crippen LogP contribution in [0, 0.1) is 0 Å². The van der Waals surface area contributed by atoms with E-state index in [4.69, 9.17) is 32.7 Å². The lowest BCUT2D eigenvalue weighted by molar-refractivity contribution is -0.140. The standard InChI is InChI=1S/C24H25Cl2NO5/c1-13(2)14-5-7-15(8-6-14)20-19(22(29)24(30)27(20)9-10-31-3)21(28)16-11-17(25)23(32-4)18(26)12-16/h5-8,11-13,20,28H,9-10H2,1-4H3/b21-19+. The number of amides is 1. The summed E-state index contributed by atoms with van der Waals surface area (Å²) in [6.07, 6.45) is 0. The first-order valence-electron chi connectivity index (χ1n) is 10.1. The summed E-state index contributed by atoms with van der Waals surface area (Å²) < 4.78 is 10.3. The number of halogens is 2. The van der Waals surface area contributed by atoms with Crippen LogP contribution in [0.4, 0.5) is 0 Å². The molecule has 1 fully saturated rings. The summed E-state index contributed by atoms with van der Waals surface area (Å²) in [6, 6.07) is 9.77. The largest absolute Gasteiger partial charge is 0.507 e. The van der Waals surface area contributed by atoms with Crippen molar-refractivity contribution in [1.82, 2.24) is 4.90 Å². The van der Waals surface area contributed by atoms with Crippen LogP contribution in [0.25, 0.3) is 5.76 Å². The number of ether oxygens (including phenoxy) is 2. The van der Waals surface area contributed by atoms with E-state index in [1.54, 1.807) is 0 Å². The van der Waals surface area contributed by atoms with Crippen LogP contribution in [-0.2, 0) is 14.3 Å². The van der Waals surface area contributed by atoms with Gasteiger partial charge in [-0.1, -0.05) is 61.3 Å². The summed E-state index contributed by atoms with van der Waals surface area (Å²) >= 11 is 12.5. The van der Waals surface area contributed by atoms with Gasteiger partial charge in [-0.2, -0.15) is 0 Å². The summed E-state index contributed by atoms with van der Waals surface area (Å²) in [6.45, 7) is 4.60. The van der Waals surface area contributed by atoms with Crippen molar-refractivity contribution in [2.24, 2.45) is 0 Å². The van der Waals surface area contributed by atoms with Gasteiger partial charge in [-0.25, -0.2) is 0 Å². The third-order valence-electron chi connectivity index (χ3n) is 5.47. The molecule has 1 aliphatic heterocycles. The first-order chi connectivity index (χ1) is 15.2. The van der Waals surface area contributed by atoms with Gasteiger partial charge in [-0.3, -0.25) is 9.59 Å². The number of aliphatic hydroxyl groups excluding tert-OH is 1. The minimum Gasteiger partial charge on any atom is -0.507 e. The molecule has 1 unspecified atom stereocenters. The van der Waals surface area contributed by atoms with E-state index in [2.05, 4.69) is 13.8 Å². The van der Waals surface area contributed by atoms with E-state index in [0.29, 0.717) is 11.5 Å². The Morgan fingerprint density at radius 2 is 1.69 bits per heavy atom. The Hall–Kier alpha value is -2.54. The molecule has 32 heavy (non-hydrogen) atoms. The molecule has 0 aliphatic carbocycles. The number of ketones is 1. The number of nitrogens with zero attached hydrogens (tertiary/aromatic N) is 1. The second kappa shape index (κ2) is 9.94. The van der Waals surface area contributed by atoms with Gasteiger partial charge in [-0.15, -0.1) is 0 Å². The number of carbonyl (C=O) groups excluding carboxylic acids is 2. The van der Waals surface area contributed by atoms with Crippen LogP contribution >= 0.6 is 23.2 Å². The molecule has 6 nitrogen and oxygen atoms in total. The highest BCUT2D eigenvalue weighted by molar-refractivity contribution is 6.46.